The third kappa shape index (κ3) is 4.50. The standard InChI is InChI=1S/C54H34N2/c1-2-14-41-40(13-1)39(37-26-25-36-34-38(28-27-35(36)33-37)55-50-21-9-5-17-46(50)47-18-6-10-22-51(47)55)29-30-43(41)44-31-32-54(45-16-4-3-15-42(44)45)56-52-23-11-7-19-48(52)49-20-8-12-24-53(49)56/h1-34H. The first-order valence-corrected chi connectivity index (χ1v) is 19.4. The van der Waals surface area contributed by atoms with E-state index in [0.29, 0.717) is 0 Å². The molecule has 0 spiro atoms. The lowest BCUT2D eigenvalue weighted by Gasteiger charge is -2.17. The van der Waals surface area contributed by atoms with Gasteiger partial charge in [0.2, 0.25) is 0 Å². The van der Waals surface area contributed by atoms with Gasteiger partial charge in [-0.05, 0) is 97.7 Å². The highest BCUT2D eigenvalue weighted by Crippen LogP contribution is 2.42. The van der Waals surface area contributed by atoms with Crippen molar-refractivity contribution in [1.82, 2.24) is 9.13 Å². The fraction of sp³-hybridized carbons (Fsp3) is 0. The largest absolute Gasteiger partial charge is 0.309 e. The number of aromatic nitrogens is 2. The number of para-hydroxylation sites is 4. The number of nitrogens with zero attached hydrogens (tertiary/aromatic N) is 2. The molecule has 0 N–H and O–H groups in total. The molecule has 0 saturated carbocycles. The van der Waals surface area contributed by atoms with Crippen LogP contribution >= 0.6 is 0 Å². The topological polar surface area (TPSA) is 9.86 Å². The highest BCUT2D eigenvalue weighted by atomic mass is 15.0. The maximum absolute atomic E-state index is 2.43. The van der Waals surface area contributed by atoms with Gasteiger partial charge < -0.3 is 9.13 Å². The first kappa shape index (κ1) is 31.0. The Morgan fingerprint density at radius 1 is 0.250 bits per heavy atom. The minimum absolute atomic E-state index is 1.17. The SMILES string of the molecule is c1ccc2c(-c3ccc(-n4c5ccccc5c5ccccc54)c4ccccc34)ccc(-c3ccc4cc(-n5c6ccccc6c6ccccc65)ccc4c3)c2c1. The van der Waals surface area contributed by atoms with Crippen molar-refractivity contribution in [3.63, 3.8) is 0 Å². The minimum atomic E-state index is 1.17. The van der Waals surface area contributed by atoms with Crippen LogP contribution in [0.3, 0.4) is 0 Å². The number of hydrogen-bond donors (Lipinski definition) is 0. The molecule has 0 unspecified atom stereocenters. The molecule has 12 rings (SSSR count). The summed E-state index contributed by atoms with van der Waals surface area (Å²) in [5, 5.41) is 12.5. The average molecular weight is 711 g/mol. The summed E-state index contributed by atoms with van der Waals surface area (Å²) >= 11 is 0. The maximum Gasteiger partial charge on any atom is 0.0541 e. The summed E-state index contributed by atoms with van der Waals surface area (Å²) in [6.07, 6.45) is 0. The van der Waals surface area contributed by atoms with Gasteiger partial charge in [-0.2, -0.15) is 0 Å². The fourth-order valence-corrected chi connectivity index (χ4v) is 9.42. The Hall–Kier alpha value is -7.42. The Bertz CT molecular complexity index is 3440. The van der Waals surface area contributed by atoms with Gasteiger partial charge in [0.05, 0.1) is 27.8 Å². The van der Waals surface area contributed by atoms with Crippen LogP contribution in [0, 0.1) is 0 Å². The predicted molar refractivity (Wildman–Crippen MR) is 239 cm³/mol. The van der Waals surface area contributed by atoms with Crippen LogP contribution in [0.1, 0.15) is 0 Å². The second kappa shape index (κ2) is 12.0. The molecule has 0 radical (unpaired) electrons. The second-order valence-electron chi connectivity index (χ2n) is 14.9. The van der Waals surface area contributed by atoms with Gasteiger partial charge in [-0.15, -0.1) is 0 Å². The van der Waals surface area contributed by atoms with Gasteiger partial charge in [-0.25, -0.2) is 0 Å². The molecule has 2 nitrogen and oxygen atoms in total. The fourth-order valence-electron chi connectivity index (χ4n) is 9.42. The summed E-state index contributed by atoms with van der Waals surface area (Å²) in [6.45, 7) is 0. The zero-order valence-electron chi connectivity index (χ0n) is 30.5. The van der Waals surface area contributed by atoms with Crippen LogP contribution < -0.4 is 0 Å². The summed E-state index contributed by atoms with van der Waals surface area (Å²) in [4.78, 5) is 0. The van der Waals surface area contributed by atoms with Gasteiger partial charge in [0.15, 0.2) is 0 Å². The predicted octanol–water partition coefficient (Wildman–Crippen LogP) is 14.7. The maximum atomic E-state index is 2.43. The normalized spacial score (nSPS) is 11.9. The summed E-state index contributed by atoms with van der Waals surface area (Å²) in [5.41, 5.74) is 12.2. The van der Waals surface area contributed by atoms with E-state index in [1.54, 1.807) is 0 Å². The van der Waals surface area contributed by atoms with Gasteiger partial charge in [-0.3, -0.25) is 0 Å². The van der Waals surface area contributed by atoms with Crippen LogP contribution in [0.2, 0.25) is 0 Å². The highest BCUT2D eigenvalue weighted by Gasteiger charge is 2.18. The molecule has 0 saturated heterocycles. The zero-order valence-corrected chi connectivity index (χ0v) is 30.5. The molecule has 0 fully saturated rings. The molecule has 0 aliphatic carbocycles. The summed E-state index contributed by atoms with van der Waals surface area (Å²) in [5.74, 6) is 0. The lowest BCUT2D eigenvalue weighted by Crippen LogP contribution is -1.96. The molecule has 0 bridgehead atoms. The van der Waals surface area contributed by atoms with Crippen LogP contribution in [-0.4, -0.2) is 9.13 Å². The summed E-state index contributed by atoms with van der Waals surface area (Å²) < 4.78 is 4.83. The van der Waals surface area contributed by atoms with Crippen molar-refractivity contribution in [2.24, 2.45) is 0 Å². The number of benzene rings is 10. The third-order valence-corrected chi connectivity index (χ3v) is 11.9. The van der Waals surface area contributed by atoms with E-state index in [2.05, 4.69) is 215 Å². The number of fused-ring (bicyclic) bond motifs is 9. The van der Waals surface area contributed by atoms with E-state index in [4.69, 9.17) is 0 Å². The van der Waals surface area contributed by atoms with Crippen LogP contribution in [0.5, 0.6) is 0 Å². The summed E-state index contributed by atoms with van der Waals surface area (Å²) in [7, 11) is 0. The van der Waals surface area contributed by atoms with Crippen molar-refractivity contribution < 1.29 is 0 Å². The van der Waals surface area contributed by atoms with Crippen molar-refractivity contribution >= 4 is 75.9 Å². The van der Waals surface area contributed by atoms with E-state index in [1.807, 2.05) is 0 Å². The van der Waals surface area contributed by atoms with Gasteiger partial charge in [-0.1, -0.05) is 158 Å². The molecule has 0 aliphatic heterocycles. The van der Waals surface area contributed by atoms with Crippen molar-refractivity contribution in [1.29, 1.82) is 0 Å². The number of hydrogen-bond acceptors (Lipinski definition) is 0. The first-order valence-electron chi connectivity index (χ1n) is 19.4. The summed E-state index contributed by atoms with van der Waals surface area (Å²) in [6, 6.07) is 75.8. The smallest absolute Gasteiger partial charge is 0.0541 e. The van der Waals surface area contributed by atoms with E-state index in [9.17, 15) is 0 Å². The highest BCUT2D eigenvalue weighted by molar-refractivity contribution is 6.14. The molecular weight excluding hydrogens is 677 g/mol. The van der Waals surface area contributed by atoms with Crippen LogP contribution in [0.25, 0.3) is 110 Å². The Balaban J connectivity index is 0.987. The molecule has 56 heavy (non-hydrogen) atoms. The second-order valence-corrected chi connectivity index (χ2v) is 14.9. The Labute approximate surface area is 323 Å². The first-order chi connectivity index (χ1) is 27.8. The molecule has 0 atom stereocenters. The van der Waals surface area contributed by atoms with E-state index in [1.165, 1.54) is 110 Å². The Kier molecular flexibility index (Phi) is 6.66. The van der Waals surface area contributed by atoms with E-state index in [-0.39, 0.29) is 0 Å². The molecule has 2 aromatic heterocycles. The van der Waals surface area contributed by atoms with Crippen LogP contribution in [0.4, 0.5) is 0 Å². The third-order valence-electron chi connectivity index (χ3n) is 11.9. The van der Waals surface area contributed by atoms with E-state index < -0.39 is 0 Å². The molecular formula is C54H34N2. The molecule has 12 aromatic rings. The van der Waals surface area contributed by atoms with Gasteiger partial charge in [0.1, 0.15) is 0 Å². The van der Waals surface area contributed by atoms with Crippen molar-refractivity contribution in [2.45, 2.75) is 0 Å². The molecule has 2 heterocycles. The van der Waals surface area contributed by atoms with Crippen LogP contribution in [-0.2, 0) is 0 Å². The van der Waals surface area contributed by atoms with Gasteiger partial charge in [0, 0.05) is 32.6 Å². The molecule has 260 valence electrons. The minimum Gasteiger partial charge on any atom is -0.309 e. The van der Waals surface area contributed by atoms with Gasteiger partial charge in [0.25, 0.3) is 0 Å². The van der Waals surface area contributed by atoms with Crippen molar-refractivity contribution in [3.8, 4) is 33.6 Å². The lowest BCUT2D eigenvalue weighted by molar-refractivity contribution is 1.19. The van der Waals surface area contributed by atoms with Crippen molar-refractivity contribution in [3.05, 3.63) is 206 Å². The van der Waals surface area contributed by atoms with Crippen LogP contribution in [0.15, 0.2) is 206 Å². The average Bonchev–Trinajstić information content (AvgIpc) is 3.78. The lowest BCUT2D eigenvalue weighted by atomic mass is 9.89. The molecule has 0 amide bonds. The van der Waals surface area contributed by atoms with E-state index in [0.717, 1.165) is 0 Å². The molecule has 2 heteroatoms. The molecule has 0 aliphatic rings. The van der Waals surface area contributed by atoms with E-state index >= 15 is 0 Å². The zero-order chi connectivity index (χ0) is 36.7. The number of rotatable bonds is 4. The van der Waals surface area contributed by atoms with Gasteiger partial charge >= 0.3 is 0 Å². The Morgan fingerprint density at radius 3 is 1.21 bits per heavy atom. The quantitative estimate of drug-likeness (QED) is 0.172. The Morgan fingerprint density at radius 2 is 0.643 bits per heavy atom. The molecule has 10 aromatic carbocycles. The van der Waals surface area contributed by atoms with Crippen molar-refractivity contribution in [2.75, 3.05) is 0 Å². The monoisotopic (exact) mass is 710 g/mol.